The van der Waals surface area contributed by atoms with Gasteiger partial charge in [0.05, 0.1) is 23.6 Å². The Hall–Kier alpha value is -1.63. The molecule has 3 aromatic heterocycles. The van der Waals surface area contributed by atoms with E-state index in [2.05, 4.69) is 51.4 Å². The standard InChI is InChI=1S/C9H10N2.C5H5IN2/c1-6-7(2)11-9-5-10-4-3-8(6)9;6-4-1-2-8-3-5(4)7/h3-5,11H,1-2H3;1-3H,7H2. The molecule has 98 valence electrons. The summed E-state index contributed by atoms with van der Waals surface area (Å²) >= 11 is 2.16. The number of pyridine rings is 2. The van der Waals surface area contributed by atoms with Crippen LogP contribution in [0.2, 0.25) is 0 Å². The number of hydrogen-bond donors (Lipinski definition) is 2. The summed E-state index contributed by atoms with van der Waals surface area (Å²) < 4.78 is 1.05. The van der Waals surface area contributed by atoms with Crippen molar-refractivity contribution in [2.75, 3.05) is 5.73 Å². The second-order valence-corrected chi connectivity index (χ2v) is 5.36. The molecule has 0 fully saturated rings. The Morgan fingerprint density at radius 3 is 2.37 bits per heavy atom. The zero-order valence-electron chi connectivity index (χ0n) is 10.8. The van der Waals surface area contributed by atoms with Gasteiger partial charge in [0.1, 0.15) is 0 Å². The maximum Gasteiger partial charge on any atom is 0.0645 e. The molecule has 3 N–H and O–H groups in total. The number of nitrogens with one attached hydrogen (secondary N) is 1. The summed E-state index contributed by atoms with van der Waals surface area (Å²) in [5.41, 5.74) is 9.87. The lowest BCUT2D eigenvalue weighted by molar-refractivity contribution is 1.25. The van der Waals surface area contributed by atoms with Crippen LogP contribution in [0, 0.1) is 17.4 Å². The van der Waals surface area contributed by atoms with E-state index in [-0.39, 0.29) is 0 Å². The Morgan fingerprint density at radius 2 is 1.79 bits per heavy atom. The van der Waals surface area contributed by atoms with Crippen molar-refractivity contribution in [1.82, 2.24) is 15.0 Å². The fourth-order valence-electron chi connectivity index (χ4n) is 1.71. The second kappa shape index (κ2) is 6.01. The third kappa shape index (κ3) is 3.23. The number of anilines is 1. The number of halogens is 1. The minimum atomic E-state index is 0.744. The molecular weight excluding hydrogens is 351 g/mol. The Kier molecular flexibility index (Phi) is 4.36. The zero-order valence-corrected chi connectivity index (χ0v) is 13.0. The van der Waals surface area contributed by atoms with Crippen molar-refractivity contribution < 1.29 is 0 Å². The predicted octanol–water partition coefficient (Wildman–Crippen LogP) is 3.45. The summed E-state index contributed by atoms with van der Waals surface area (Å²) in [6, 6.07) is 3.91. The SMILES string of the molecule is Cc1[nH]c2cnccc2c1C.Nc1cnccc1I. The maximum absolute atomic E-state index is 5.45. The van der Waals surface area contributed by atoms with Crippen molar-refractivity contribution in [1.29, 1.82) is 0 Å². The van der Waals surface area contributed by atoms with Gasteiger partial charge in [0, 0.05) is 27.0 Å². The number of fused-ring (bicyclic) bond motifs is 1. The van der Waals surface area contributed by atoms with Gasteiger partial charge in [-0.2, -0.15) is 0 Å². The van der Waals surface area contributed by atoms with Crippen molar-refractivity contribution in [2.24, 2.45) is 0 Å². The molecule has 0 bridgehead atoms. The molecule has 0 aliphatic carbocycles. The number of nitrogens with zero attached hydrogens (tertiary/aromatic N) is 2. The summed E-state index contributed by atoms with van der Waals surface area (Å²) in [6.07, 6.45) is 7.04. The van der Waals surface area contributed by atoms with Gasteiger partial charge in [-0.15, -0.1) is 0 Å². The van der Waals surface area contributed by atoms with Crippen LogP contribution in [-0.4, -0.2) is 15.0 Å². The zero-order chi connectivity index (χ0) is 13.8. The quantitative estimate of drug-likeness (QED) is 0.599. The average molecular weight is 366 g/mol. The Balaban J connectivity index is 0.000000148. The van der Waals surface area contributed by atoms with E-state index in [1.807, 2.05) is 24.5 Å². The fourth-order valence-corrected chi connectivity index (χ4v) is 2.01. The predicted molar refractivity (Wildman–Crippen MR) is 86.9 cm³/mol. The van der Waals surface area contributed by atoms with Gasteiger partial charge in [-0.05, 0) is 54.1 Å². The molecule has 0 unspecified atom stereocenters. The summed E-state index contributed by atoms with van der Waals surface area (Å²) in [6.45, 7) is 4.20. The van der Waals surface area contributed by atoms with Crippen LogP contribution in [0.25, 0.3) is 10.9 Å². The fraction of sp³-hybridized carbons (Fsp3) is 0.143. The van der Waals surface area contributed by atoms with Gasteiger partial charge in [0.15, 0.2) is 0 Å². The molecule has 0 atom stereocenters. The number of aryl methyl sites for hydroxylation is 2. The molecule has 4 nitrogen and oxygen atoms in total. The number of aromatic amines is 1. The van der Waals surface area contributed by atoms with Crippen molar-refractivity contribution in [3.8, 4) is 0 Å². The summed E-state index contributed by atoms with van der Waals surface area (Å²) in [7, 11) is 0. The minimum Gasteiger partial charge on any atom is -0.397 e. The molecule has 0 aromatic carbocycles. The molecule has 5 heteroatoms. The van der Waals surface area contributed by atoms with Crippen LogP contribution in [0.1, 0.15) is 11.3 Å². The molecule has 3 aromatic rings. The molecule has 0 spiro atoms. The van der Waals surface area contributed by atoms with E-state index < -0.39 is 0 Å². The van der Waals surface area contributed by atoms with Gasteiger partial charge >= 0.3 is 0 Å². The molecular formula is C14H15IN4. The first-order valence-corrected chi connectivity index (χ1v) is 6.91. The Bertz CT molecular complexity index is 670. The Morgan fingerprint density at radius 1 is 1.11 bits per heavy atom. The van der Waals surface area contributed by atoms with Gasteiger partial charge in [-0.3, -0.25) is 9.97 Å². The van der Waals surface area contributed by atoms with E-state index in [0.717, 1.165) is 14.8 Å². The van der Waals surface area contributed by atoms with E-state index in [0.29, 0.717) is 0 Å². The first kappa shape index (κ1) is 13.8. The topological polar surface area (TPSA) is 67.6 Å². The minimum absolute atomic E-state index is 0.744. The van der Waals surface area contributed by atoms with Crippen LogP contribution in [0.5, 0.6) is 0 Å². The molecule has 0 radical (unpaired) electrons. The van der Waals surface area contributed by atoms with E-state index in [9.17, 15) is 0 Å². The van der Waals surface area contributed by atoms with E-state index in [1.54, 1.807) is 12.4 Å². The maximum atomic E-state index is 5.45. The largest absolute Gasteiger partial charge is 0.397 e. The lowest BCUT2D eigenvalue weighted by Crippen LogP contribution is -1.88. The summed E-state index contributed by atoms with van der Waals surface area (Å²) in [5.74, 6) is 0. The van der Waals surface area contributed by atoms with E-state index in [1.165, 1.54) is 16.6 Å². The molecule has 0 aliphatic heterocycles. The highest BCUT2D eigenvalue weighted by Gasteiger charge is 2.01. The van der Waals surface area contributed by atoms with Crippen LogP contribution in [0.15, 0.2) is 36.9 Å². The highest BCUT2D eigenvalue weighted by atomic mass is 127. The van der Waals surface area contributed by atoms with Gasteiger partial charge in [0.2, 0.25) is 0 Å². The first-order chi connectivity index (χ1) is 9.09. The normalized spacial score (nSPS) is 10.1. The van der Waals surface area contributed by atoms with E-state index in [4.69, 9.17) is 5.73 Å². The van der Waals surface area contributed by atoms with Crippen molar-refractivity contribution >= 4 is 39.2 Å². The molecule has 0 aliphatic rings. The van der Waals surface area contributed by atoms with Gasteiger partial charge < -0.3 is 10.7 Å². The molecule has 0 saturated carbocycles. The van der Waals surface area contributed by atoms with Gasteiger partial charge in [0.25, 0.3) is 0 Å². The molecule has 3 rings (SSSR count). The van der Waals surface area contributed by atoms with Gasteiger partial charge in [-0.1, -0.05) is 0 Å². The van der Waals surface area contributed by atoms with Crippen molar-refractivity contribution in [3.63, 3.8) is 0 Å². The summed E-state index contributed by atoms with van der Waals surface area (Å²) in [4.78, 5) is 11.1. The second-order valence-electron chi connectivity index (χ2n) is 4.19. The smallest absolute Gasteiger partial charge is 0.0645 e. The van der Waals surface area contributed by atoms with E-state index >= 15 is 0 Å². The molecule has 3 heterocycles. The van der Waals surface area contributed by atoms with Gasteiger partial charge in [-0.25, -0.2) is 0 Å². The summed E-state index contributed by atoms with van der Waals surface area (Å²) in [5, 5.41) is 1.28. The van der Waals surface area contributed by atoms with Crippen LogP contribution in [0.3, 0.4) is 0 Å². The molecule has 19 heavy (non-hydrogen) atoms. The number of nitrogens with two attached hydrogens (primary N) is 1. The third-order valence-corrected chi connectivity index (χ3v) is 3.89. The highest BCUT2D eigenvalue weighted by Crippen LogP contribution is 2.18. The van der Waals surface area contributed by atoms with Crippen molar-refractivity contribution in [2.45, 2.75) is 13.8 Å². The number of rotatable bonds is 0. The number of nitrogen functional groups attached to an aromatic ring is 1. The highest BCUT2D eigenvalue weighted by molar-refractivity contribution is 14.1. The van der Waals surface area contributed by atoms with Crippen molar-refractivity contribution in [3.05, 3.63) is 51.7 Å². The van der Waals surface area contributed by atoms with Crippen LogP contribution in [-0.2, 0) is 0 Å². The molecule has 0 saturated heterocycles. The molecule has 0 amide bonds. The Labute approximate surface area is 125 Å². The lowest BCUT2D eigenvalue weighted by Gasteiger charge is -1.91. The first-order valence-electron chi connectivity index (χ1n) is 5.83. The third-order valence-electron chi connectivity index (χ3n) is 2.91. The number of aromatic nitrogens is 3. The monoisotopic (exact) mass is 366 g/mol. The lowest BCUT2D eigenvalue weighted by atomic mass is 10.2. The average Bonchev–Trinajstić information content (AvgIpc) is 2.70. The van der Waals surface area contributed by atoms with Crippen LogP contribution in [0.4, 0.5) is 5.69 Å². The van der Waals surface area contributed by atoms with Crippen LogP contribution >= 0.6 is 22.6 Å². The number of H-pyrrole nitrogens is 1. The number of hydrogen-bond acceptors (Lipinski definition) is 3. The van der Waals surface area contributed by atoms with Crippen LogP contribution < -0.4 is 5.73 Å².